The summed E-state index contributed by atoms with van der Waals surface area (Å²) in [5.41, 5.74) is 1.03. The van der Waals surface area contributed by atoms with Crippen LogP contribution in [0.3, 0.4) is 0 Å². The fourth-order valence-electron chi connectivity index (χ4n) is 1.26. The van der Waals surface area contributed by atoms with E-state index in [4.69, 9.17) is 4.74 Å². The molecule has 1 heterocycles. The second kappa shape index (κ2) is 3.56. The monoisotopic (exact) mass is 179 g/mol. The van der Waals surface area contributed by atoms with Crippen molar-refractivity contribution in [2.24, 2.45) is 4.99 Å². The highest BCUT2D eigenvalue weighted by molar-refractivity contribution is 5.79. The van der Waals surface area contributed by atoms with Gasteiger partial charge in [-0.3, -0.25) is 4.99 Å². The van der Waals surface area contributed by atoms with E-state index in [0.29, 0.717) is 13.0 Å². The Hall–Kier alpha value is -1.38. The Labute approximate surface area is 76.1 Å². The summed E-state index contributed by atoms with van der Waals surface area (Å²) in [5, 5.41) is 0. The lowest BCUT2D eigenvalue weighted by atomic mass is 10.1. The van der Waals surface area contributed by atoms with Crippen molar-refractivity contribution in [1.82, 2.24) is 0 Å². The molecule has 1 aromatic rings. The summed E-state index contributed by atoms with van der Waals surface area (Å²) >= 11 is 0. The third kappa shape index (κ3) is 2.05. The minimum atomic E-state index is -0.210. The van der Waals surface area contributed by atoms with Gasteiger partial charge in [0.05, 0.1) is 6.54 Å². The third-order valence-corrected chi connectivity index (χ3v) is 1.92. The first-order valence-electron chi connectivity index (χ1n) is 4.25. The Kier molecular flexibility index (Phi) is 2.25. The van der Waals surface area contributed by atoms with Crippen molar-refractivity contribution in [1.29, 1.82) is 0 Å². The van der Waals surface area contributed by atoms with Crippen LogP contribution in [0.2, 0.25) is 0 Å². The summed E-state index contributed by atoms with van der Waals surface area (Å²) in [6.45, 7) is 1.42. The van der Waals surface area contributed by atoms with Gasteiger partial charge < -0.3 is 4.74 Å². The van der Waals surface area contributed by atoms with Crippen LogP contribution in [0.25, 0.3) is 0 Å². The first-order chi connectivity index (χ1) is 6.34. The van der Waals surface area contributed by atoms with Crippen LogP contribution in [0.1, 0.15) is 5.56 Å². The molecule has 0 spiro atoms. The highest BCUT2D eigenvalue weighted by Gasteiger charge is 2.07. The molecule has 2 nitrogen and oxygen atoms in total. The van der Waals surface area contributed by atoms with E-state index in [1.807, 2.05) is 0 Å². The van der Waals surface area contributed by atoms with Crippen molar-refractivity contribution in [3.8, 4) is 0 Å². The van der Waals surface area contributed by atoms with Crippen molar-refractivity contribution < 1.29 is 9.13 Å². The molecule has 0 aliphatic carbocycles. The third-order valence-electron chi connectivity index (χ3n) is 1.92. The normalized spacial score (nSPS) is 15.3. The molecule has 0 radical (unpaired) electrons. The topological polar surface area (TPSA) is 21.6 Å². The average Bonchev–Trinajstić information content (AvgIpc) is 2.62. The van der Waals surface area contributed by atoms with Crippen LogP contribution in [0.5, 0.6) is 0 Å². The van der Waals surface area contributed by atoms with E-state index in [-0.39, 0.29) is 5.82 Å². The number of ether oxygens (including phenoxy) is 1. The molecule has 68 valence electrons. The second-order valence-corrected chi connectivity index (χ2v) is 2.93. The Morgan fingerprint density at radius 2 is 2.08 bits per heavy atom. The predicted molar refractivity (Wildman–Crippen MR) is 48.4 cm³/mol. The lowest BCUT2D eigenvalue weighted by Gasteiger charge is -2.01. The molecule has 0 saturated heterocycles. The molecule has 1 aliphatic heterocycles. The van der Waals surface area contributed by atoms with E-state index in [1.165, 1.54) is 12.1 Å². The molecule has 0 aromatic heterocycles. The summed E-state index contributed by atoms with van der Waals surface area (Å²) in [6, 6.07) is 6.40. The molecule has 0 bridgehead atoms. The number of hydrogen-bond acceptors (Lipinski definition) is 2. The molecule has 3 heteroatoms. The zero-order valence-electron chi connectivity index (χ0n) is 7.16. The molecule has 1 aromatic carbocycles. The van der Waals surface area contributed by atoms with Gasteiger partial charge in [0.2, 0.25) is 0 Å². The van der Waals surface area contributed by atoms with Crippen molar-refractivity contribution >= 4 is 5.90 Å². The number of benzene rings is 1. The quantitative estimate of drug-likeness (QED) is 0.678. The van der Waals surface area contributed by atoms with Gasteiger partial charge >= 0.3 is 0 Å². The molecule has 2 rings (SSSR count). The Bertz CT molecular complexity index is 318. The molecule has 13 heavy (non-hydrogen) atoms. The molecular weight excluding hydrogens is 169 g/mol. The maximum atomic E-state index is 12.5. The molecule has 0 unspecified atom stereocenters. The van der Waals surface area contributed by atoms with Gasteiger partial charge in [0.15, 0.2) is 5.90 Å². The molecule has 0 fully saturated rings. The number of aliphatic imine (C=N–C) groups is 1. The number of halogens is 1. The largest absolute Gasteiger partial charge is 0.479 e. The zero-order chi connectivity index (χ0) is 9.10. The molecule has 1 aliphatic rings. The van der Waals surface area contributed by atoms with E-state index in [9.17, 15) is 4.39 Å². The highest BCUT2D eigenvalue weighted by Crippen LogP contribution is 2.07. The van der Waals surface area contributed by atoms with Crippen molar-refractivity contribution in [2.45, 2.75) is 6.42 Å². The molecule has 0 saturated carbocycles. The smallest absolute Gasteiger partial charge is 0.187 e. The maximum absolute atomic E-state index is 12.5. The summed E-state index contributed by atoms with van der Waals surface area (Å²) in [6.07, 6.45) is 0.667. The van der Waals surface area contributed by atoms with Gasteiger partial charge in [-0.15, -0.1) is 0 Å². The number of rotatable bonds is 2. The molecule has 0 amide bonds. The first kappa shape index (κ1) is 8.23. The van der Waals surface area contributed by atoms with Gasteiger partial charge in [0.1, 0.15) is 12.4 Å². The van der Waals surface area contributed by atoms with Crippen LogP contribution in [-0.4, -0.2) is 19.0 Å². The van der Waals surface area contributed by atoms with E-state index >= 15 is 0 Å². The van der Waals surface area contributed by atoms with Crippen molar-refractivity contribution in [3.05, 3.63) is 35.6 Å². The Balaban J connectivity index is 2.05. The fraction of sp³-hybridized carbons (Fsp3) is 0.300. The van der Waals surface area contributed by atoms with Gasteiger partial charge in [-0.25, -0.2) is 4.39 Å². The molecule has 0 atom stereocenters. The van der Waals surface area contributed by atoms with Crippen LogP contribution >= 0.6 is 0 Å². The van der Waals surface area contributed by atoms with Crippen molar-refractivity contribution in [2.75, 3.05) is 13.2 Å². The molecule has 0 N–H and O–H groups in total. The minimum absolute atomic E-state index is 0.210. The van der Waals surface area contributed by atoms with E-state index < -0.39 is 0 Å². The fourth-order valence-corrected chi connectivity index (χ4v) is 1.26. The minimum Gasteiger partial charge on any atom is -0.479 e. The second-order valence-electron chi connectivity index (χ2n) is 2.93. The van der Waals surface area contributed by atoms with Gasteiger partial charge in [-0.05, 0) is 17.7 Å². The van der Waals surface area contributed by atoms with Crippen LogP contribution in [-0.2, 0) is 11.2 Å². The zero-order valence-corrected chi connectivity index (χ0v) is 7.16. The van der Waals surface area contributed by atoms with Crippen LogP contribution in [0.4, 0.5) is 4.39 Å². The van der Waals surface area contributed by atoms with Gasteiger partial charge in [-0.2, -0.15) is 0 Å². The van der Waals surface area contributed by atoms with Gasteiger partial charge in [0.25, 0.3) is 0 Å². The summed E-state index contributed by atoms with van der Waals surface area (Å²) < 4.78 is 17.8. The summed E-state index contributed by atoms with van der Waals surface area (Å²) in [7, 11) is 0. The molecular formula is C10H10FNO. The highest BCUT2D eigenvalue weighted by atomic mass is 19.1. The van der Waals surface area contributed by atoms with E-state index in [2.05, 4.69) is 4.99 Å². The van der Waals surface area contributed by atoms with Crippen LogP contribution in [0, 0.1) is 5.82 Å². The van der Waals surface area contributed by atoms with Gasteiger partial charge in [0, 0.05) is 6.42 Å². The number of hydrogen-bond donors (Lipinski definition) is 0. The summed E-state index contributed by atoms with van der Waals surface area (Å²) in [4.78, 5) is 4.15. The van der Waals surface area contributed by atoms with Gasteiger partial charge in [-0.1, -0.05) is 12.1 Å². The predicted octanol–water partition coefficient (Wildman–Crippen LogP) is 1.80. The van der Waals surface area contributed by atoms with E-state index in [0.717, 1.165) is 18.0 Å². The SMILES string of the molecule is Fc1ccc(CC2=NCCO2)cc1. The van der Waals surface area contributed by atoms with Crippen LogP contribution < -0.4 is 0 Å². The standard InChI is InChI=1S/C10H10FNO/c11-9-3-1-8(2-4-9)7-10-12-5-6-13-10/h1-4H,5-7H2. The lowest BCUT2D eigenvalue weighted by molar-refractivity contribution is 0.341. The van der Waals surface area contributed by atoms with Crippen LogP contribution in [0.15, 0.2) is 29.3 Å². The first-order valence-corrected chi connectivity index (χ1v) is 4.25. The van der Waals surface area contributed by atoms with Crippen molar-refractivity contribution in [3.63, 3.8) is 0 Å². The lowest BCUT2D eigenvalue weighted by Crippen LogP contribution is -2.02. The Morgan fingerprint density at radius 3 is 2.69 bits per heavy atom. The average molecular weight is 179 g/mol. The Morgan fingerprint density at radius 1 is 1.31 bits per heavy atom. The maximum Gasteiger partial charge on any atom is 0.187 e. The van der Waals surface area contributed by atoms with E-state index in [1.54, 1.807) is 12.1 Å². The summed E-state index contributed by atoms with van der Waals surface area (Å²) in [5.74, 6) is 0.546. The number of nitrogens with zero attached hydrogens (tertiary/aromatic N) is 1.